The number of aliphatic hydroxyl groups is 1. The number of rotatable bonds is 5. The fraction of sp³-hybridized carbons (Fsp3) is 0.680. The van der Waals surface area contributed by atoms with Crippen molar-refractivity contribution in [2.75, 3.05) is 21.3 Å². The Balaban J connectivity index is 1.90. The maximum absolute atomic E-state index is 10.6. The van der Waals surface area contributed by atoms with E-state index in [1.807, 2.05) is 0 Å². The minimum absolute atomic E-state index is 0.0692. The van der Waals surface area contributed by atoms with Gasteiger partial charge in [-0.05, 0) is 67.1 Å². The lowest BCUT2D eigenvalue weighted by atomic mass is 9.79. The van der Waals surface area contributed by atoms with Gasteiger partial charge in [0.15, 0.2) is 19.8 Å². The Hall–Kier alpha value is -1.54. The van der Waals surface area contributed by atoms with E-state index in [-0.39, 0.29) is 17.2 Å². The summed E-state index contributed by atoms with van der Waals surface area (Å²) in [5.41, 5.74) is 2.57. The topological polar surface area (TPSA) is 66.4 Å². The number of ether oxygens (including phenoxy) is 4. The third-order valence-corrected chi connectivity index (χ3v) is 12.4. The molecule has 1 aliphatic carbocycles. The largest absolute Gasteiger partial charge is 0.493 e. The van der Waals surface area contributed by atoms with E-state index < -0.39 is 20.0 Å². The molecule has 1 aromatic carbocycles. The maximum Gasteiger partial charge on any atom is 0.203 e. The summed E-state index contributed by atoms with van der Waals surface area (Å²) >= 11 is 0. The summed E-state index contributed by atoms with van der Waals surface area (Å²) in [5.74, 6) is 1.88. The summed E-state index contributed by atoms with van der Waals surface area (Å²) in [5, 5.41) is 10.7. The lowest BCUT2D eigenvalue weighted by molar-refractivity contribution is -0.130. The molecule has 2 aliphatic heterocycles. The number of aryl methyl sites for hydroxylation is 1. The third-order valence-electron chi connectivity index (χ3n) is 7.90. The van der Waals surface area contributed by atoms with Gasteiger partial charge in [0.25, 0.3) is 0 Å². The van der Waals surface area contributed by atoms with Gasteiger partial charge in [0, 0.05) is 5.56 Å². The first-order valence-electron chi connectivity index (χ1n) is 11.6. The number of hydrogen-bond acceptors (Lipinski definition) is 6. The number of hydrogen-bond donors (Lipinski definition) is 1. The van der Waals surface area contributed by atoms with Crippen LogP contribution in [0.15, 0.2) is 17.7 Å². The standard InChI is InChI=1S/C25H38O6Si/c1-24(2,3)32(7,8)31-18-10-9-15-13-20(27-4)22(28-5)23(29-6)21(15)25-12-11-17(26)19(30-25)14-16(18)25/h13-14,17-19,26H,9-12H2,1-8H3/t17-,18+,19+,25+/m0/s1. The minimum atomic E-state index is -2.04. The van der Waals surface area contributed by atoms with Gasteiger partial charge in [-0.1, -0.05) is 20.8 Å². The van der Waals surface area contributed by atoms with Gasteiger partial charge in [0.1, 0.15) is 11.7 Å². The summed E-state index contributed by atoms with van der Waals surface area (Å²) in [6, 6.07) is 2.06. The van der Waals surface area contributed by atoms with Crippen molar-refractivity contribution in [3.05, 3.63) is 28.8 Å². The molecule has 4 rings (SSSR count). The Kier molecular flexibility index (Phi) is 5.93. The predicted molar refractivity (Wildman–Crippen MR) is 126 cm³/mol. The smallest absolute Gasteiger partial charge is 0.203 e. The molecule has 0 amide bonds. The lowest BCUT2D eigenvalue weighted by Crippen LogP contribution is -2.47. The molecule has 7 heteroatoms. The second-order valence-corrected chi connectivity index (χ2v) is 15.5. The van der Waals surface area contributed by atoms with Crippen LogP contribution in [-0.2, 0) is 21.2 Å². The molecule has 6 nitrogen and oxygen atoms in total. The van der Waals surface area contributed by atoms with Crippen molar-refractivity contribution >= 4 is 8.32 Å². The van der Waals surface area contributed by atoms with Crippen molar-refractivity contribution in [1.82, 2.24) is 0 Å². The van der Waals surface area contributed by atoms with Crippen molar-refractivity contribution in [3.63, 3.8) is 0 Å². The molecule has 2 bridgehead atoms. The van der Waals surface area contributed by atoms with Gasteiger partial charge in [-0.3, -0.25) is 0 Å². The normalized spacial score (nSPS) is 29.5. The fourth-order valence-electron chi connectivity index (χ4n) is 5.19. The van der Waals surface area contributed by atoms with Crippen LogP contribution in [0.1, 0.15) is 51.2 Å². The second kappa shape index (κ2) is 8.04. The molecule has 0 unspecified atom stereocenters. The number of fused-ring (bicyclic) bond motifs is 2. The van der Waals surface area contributed by atoms with Crippen LogP contribution >= 0.6 is 0 Å². The molecule has 0 saturated carbocycles. The molecule has 178 valence electrons. The van der Waals surface area contributed by atoms with Gasteiger partial charge in [-0.25, -0.2) is 0 Å². The second-order valence-electron chi connectivity index (χ2n) is 10.7. The van der Waals surface area contributed by atoms with E-state index in [2.05, 4.69) is 46.0 Å². The van der Waals surface area contributed by atoms with Crippen LogP contribution in [0.5, 0.6) is 17.2 Å². The highest BCUT2D eigenvalue weighted by Gasteiger charge is 2.56. The highest BCUT2D eigenvalue weighted by molar-refractivity contribution is 6.74. The van der Waals surface area contributed by atoms with Gasteiger partial charge in [-0.15, -0.1) is 0 Å². The Labute approximate surface area is 193 Å². The van der Waals surface area contributed by atoms with E-state index in [4.69, 9.17) is 23.4 Å². The highest BCUT2D eigenvalue weighted by atomic mass is 28.4. The number of benzene rings is 1. The van der Waals surface area contributed by atoms with Crippen molar-refractivity contribution in [2.45, 2.75) is 88.5 Å². The van der Waals surface area contributed by atoms with Crippen LogP contribution in [-0.4, -0.2) is 53.1 Å². The average Bonchev–Trinajstić information content (AvgIpc) is 3.01. The molecule has 1 aromatic rings. The zero-order chi connectivity index (χ0) is 23.5. The number of methoxy groups -OCH3 is 3. The molecule has 4 atom stereocenters. The Morgan fingerprint density at radius 1 is 1.06 bits per heavy atom. The summed E-state index contributed by atoms with van der Waals surface area (Å²) in [6.07, 6.45) is 4.21. The van der Waals surface area contributed by atoms with E-state index in [1.54, 1.807) is 21.3 Å². The van der Waals surface area contributed by atoms with E-state index in [0.29, 0.717) is 30.1 Å². The minimum Gasteiger partial charge on any atom is -0.493 e. The van der Waals surface area contributed by atoms with Crippen molar-refractivity contribution < 1.29 is 28.5 Å². The molecule has 2 heterocycles. The molecular formula is C25H38O6Si. The van der Waals surface area contributed by atoms with Crippen LogP contribution in [0.4, 0.5) is 0 Å². The SMILES string of the molecule is COc1cc2c(c(OC)c1OC)[C@@]13CC[C@H](O)[C@@H](C=C1[C@H](O[Si](C)(C)C(C)(C)C)CC2)O3. The quantitative estimate of drug-likeness (QED) is 0.504. The van der Waals surface area contributed by atoms with Crippen LogP contribution in [0, 0.1) is 0 Å². The summed E-state index contributed by atoms with van der Waals surface area (Å²) < 4.78 is 31.0. The zero-order valence-electron chi connectivity index (χ0n) is 20.7. The molecule has 3 aliphatic rings. The molecule has 1 fully saturated rings. The summed E-state index contributed by atoms with van der Waals surface area (Å²) in [4.78, 5) is 0. The monoisotopic (exact) mass is 462 g/mol. The predicted octanol–water partition coefficient (Wildman–Crippen LogP) is 4.72. The molecule has 0 aromatic heterocycles. The van der Waals surface area contributed by atoms with Gasteiger partial charge >= 0.3 is 0 Å². The van der Waals surface area contributed by atoms with Crippen molar-refractivity contribution in [1.29, 1.82) is 0 Å². The van der Waals surface area contributed by atoms with Gasteiger partial charge in [-0.2, -0.15) is 0 Å². The molecule has 1 saturated heterocycles. The Morgan fingerprint density at radius 2 is 1.75 bits per heavy atom. The first-order chi connectivity index (χ1) is 15.0. The zero-order valence-corrected chi connectivity index (χ0v) is 21.7. The van der Waals surface area contributed by atoms with E-state index in [0.717, 1.165) is 29.5 Å². The lowest BCUT2D eigenvalue weighted by Gasteiger charge is -2.43. The Bertz CT molecular complexity index is 918. The van der Waals surface area contributed by atoms with E-state index >= 15 is 0 Å². The van der Waals surface area contributed by atoms with Gasteiger partial charge < -0.3 is 28.5 Å². The maximum atomic E-state index is 10.6. The van der Waals surface area contributed by atoms with E-state index in [1.165, 1.54) is 0 Å². The van der Waals surface area contributed by atoms with Gasteiger partial charge in [0.05, 0.1) is 33.5 Å². The Morgan fingerprint density at radius 3 is 2.34 bits per heavy atom. The molecule has 0 radical (unpaired) electrons. The molecule has 1 N–H and O–H groups in total. The molecular weight excluding hydrogens is 424 g/mol. The molecule has 32 heavy (non-hydrogen) atoms. The van der Waals surface area contributed by atoms with Crippen LogP contribution in [0.2, 0.25) is 18.1 Å². The molecule has 1 spiro atoms. The summed E-state index contributed by atoms with van der Waals surface area (Å²) in [6.45, 7) is 11.4. The van der Waals surface area contributed by atoms with Gasteiger partial charge in [0.2, 0.25) is 5.75 Å². The summed E-state index contributed by atoms with van der Waals surface area (Å²) in [7, 11) is 2.90. The van der Waals surface area contributed by atoms with Crippen molar-refractivity contribution in [3.8, 4) is 17.2 Å². The van der Waals surface area contributed by atoms with E-state index in [9.17, 15) is 5.11 Å². The first-order valence-corrected chi connectivity index (χ1v) is 14.5. The average molecular weight is 463 g/mol. The fourth-order valence-corrected chi connectivity index (χ4v) is 6.50. The van der Waals surface area contributed by atoms with Crippen molar-refractivity contribution in [2.24, 2.45) is 0 Å². The van der Waals surface area contributed by atoms with Crippen LogP contribution in [0.25, 0.3) is 0 Å². The highest BCUT2D eigenvalue weighted by Crippen LogP contribution is 2.59. The van der Waals surface area contributed by atoms with Crippen LogP contribution in [0.3, 0.4) is 0 Å². The third kappa shape index (κ3) is 3.49. The first kappa shape index (κ1) is 23.6. The van der Waals surface area contributed by atoms with Crippen LogP contribution < -0.4 is 14.2 Å². The number of aliphatic hydroxyl groups excluding tert-OH is 1.